The molecular formula is C13H24N2O2. The number of aliphatic hydroxyl groups is 1. The predicted octanol–water partition coefficient (Wildman–Crippen LogP) is 0.746. The average Bonchev–Trinajstić information content (AvgIpc) is 2.74. The monoisotopic (exact) mass is 240 g/mol. The summed E-state index contributed by atoms with van der Waals surface area (Å²) in [6.07, 6.45) is 4.69. The number of nitrogens with one attached hydrogen (secondary N) is 1. The maximum absolute atomic E-state index is 12.4. The number of aliphatic hydroxyl groups excluding tert-OH is 1. The van der Waals surface area contributed by atoms with E-state index in [9.17, 15) is 9.90 Å². The van der Waals surface area contributed by atoms with E-state index in [2.05, 4.69) is 12.2 Å². The minimum Gasteiger partial charge on any atom is -0.391 e. The predicted molar refractivity (Wildman–Crippen MR) is 66.6 cm³/mol. The van der Waals surface area contributed by atoms with Crippen LogP contribution in [-0.2, 0) is 4.79 Å². The molecule has 0 spiro atoms. The van der Waals surface area contributed by atoms with Crippen LogP contribution in [0.4, 0.5) is 0 Å². The summed E-state index contributed by atoms with van der Waals surface area (Å²) >= 11 is 0. The molecule has 0 bridgehead atoms. The van der Waals surface area contributed by atoms with E-state index in [0.717, 1.165) is 38.6 Å². The van der Waals surface area contributed by atoms with E-state index in [-0.39, 0.29) is 24.1 Å². The highest BCUT2D eigenvalue weighted by Crippen LogP contribution is 2.24. The van der Waals surface area contributed by atoms with Gasteiger partial charge in [-0.05, 0) is 31.7 Å². The third kappa shape index (κ3) is 2.63. The first-order chi connectivity index (χ1) is 8.11. The second kappa shape index (κ2) is 5.36. The van der Waals surface area contributed by atoms with Gasteiger partial charge in [0.1, 0.15) is 0 Å². The Bertz CT molecular complexity index is 283. The minimum absolute atomic E-state index is 0.0193. The zero-order valence-corrected chi connectivity index (χ0v) is 10.9. The highest BCUT2D eigenvalue weighted by Gasteiger charge is 2.36. The van der Waals surface area contributed by atoms with Crippen LogP contribution >= 0.6 is 0 Å². The number of hydrogen-bond acceptors (Lipinski definition) is 3. The quantitative estimate of drug-likeness (QED) is 0.749. The zero-order chi connectivity index (χ0) is 12.4. The molecule has 0 aromatic carbocycles. The van der Waals surface area contributed by atoms with Crippen LogP contribution in [0.15, 0.2) is 0 Å². The van der Waals surface area contributed by atoms with Crippen LogP contribution in [0.3, 0.4) is 0 Å². The van der Waals surface area contributed by atoms with Crippen molar-refractivity contribution in [2.24, 2.45) is 5.92 Å². The smallest absolute Gasteiger partial charge is 0.240 e. The Morgan fingerprint density at radius 2 is 2.00 bits per heavy atom. The fourth-order valence-corrected chi connectivity index (χ4v) is 3.09. The molecule has 2 fully saturated rings. The fourth-order valence-electron chi connectivity index (χ4n) is 3.09. The second-order valence-electron chi connectivity index (χ2n) is 5.57. The van der Waals surface area contributed by atoms with E-state index in [4.69, 9.17) is 0 Å². The number of carbonyl (C=O) groups excluding carboxylic acids is 1. The Hall–Kier alpha value is -0.610. The zero-order valence-electron chi connectivity index (χ0n) is 10.9. The normalized spacial score (nSPS) is 38.1. The third-order valence-electron chi connectivity index (χ3n) is 4.34. The van der Waals surface area contributed by atoms with Gasteiger partial charge < -0.3 is 15.3 Å². The lowest BCUT2D eigenvalue weighted by atomic mass is 9.90. The molecule has 1 saturated heterocycles. The van der Waals surface area contributed by atoms with E-state index < -0.39 is 0 Å². The highest BCUT2D eigenvalue weighted by atomic mass is 16.3. The van der Waals surface area contributed by atoms with Crippen LogP contribution in [-0.4, -0.2) is 47.7 Å². The van der Waals surface area contributed by atoms with Crippen molar-refractivity contribution in [1.82, 2.24) is 10.2 Å². The highest BCUT2D eigenvalue weighted by molar-refractivity contribution is 5.82. The van der Waals surface area contributed by atoms with Gasteiger partial charge in [0.05, 0.1) is 18.2 Å². The van der Waals surface area contributed by atoms with Gasteiger partial charge in [-0.25, -0.2) is 0 Å². The van der Waals surface area contributed by atoms with Gasteiger partial charge in [0.2, 0.25) is 5.91 Å². The molecule has 4 nitrogen and oxygen atoms in total. The summed E-state index contributed by atoms with van der Waals surface area (Å²) in [5, 5.41) is 13.3. The molecule has 4 atom stereocenters. The molecule has 1 aliphatic carbocycles. The Morgan fingerprint density at radius 3 is 2.59 bits per heavy atom. The lowest BCUT2D eigenvalue weighted by molar-refractivity contribution is -0.138. The summed E-state index contributed by atoms with van der Waals surface area (Å²) in [6.45, 7) is 3.05. The molecule has 1 amide bonds. The van der Waals surface area contributed by atoms with E-state index in [1.807, 2.05) is 7.05 Å². The van der Waals surface area contributed by atoms with Gasteiger partial charge in [-0.15, -0.1) is 0 Å². The molecule has 0 aromatic rings. The second-order valence-corrected chi connectivity index (χ2v) is 5.57. The van der Waals surface area contributed by atoms with Crippen LogP contribution < -0.4 is 5.32 Å². The first-order valence-electron chi connectivity index (χ1n) is 6.79. The summed E-state index contributed by atoms with van der Waals surface area (Å²) in [5.74, 6) is 0.562. The summed E-state index contributed by atoms with van der Waals surface area (Å²) in [6, 6.07) is -0.0278. The van der Waals surface area contributed by atoms with Crippen molar-refractivity contribution < 1.29 is 9.90 Å². The number of nitrogens with zero attached hydrogens (tertiary/aromatic N) is 1. The molecule has 2 rings (SSSR count). The molecule has 0 aromatic heterocycles. The minimum atomic E-state index is -0.339. The van der Waals surface area contributed by atoms with Crippen LogP contribution in [0.2, 0.25) is 0 Å². The standard InChI is InChI=1S/C13H24N2O2/c1-9-7-8-14-12(9)13(17)15(2)10-5-3-4-6-11(10)16/h9-12,14,16H,3-8H2,1-2H3. The number of likely N-dealkylation sites (N-methyl/N-ethyl adjacent to an activating group) is 1. The van der Waals surface area contributed by atoms with Crippen LogP contribution in [0.1, 0.15) is 39.0 Å². The van der Waals surface area contributed by atoms with Gasteiger partial charge in [-0.1, -0.05) is 19.8 Å². The van der Waals surface area contributed by atoms with Crippen molar-refractivity contribution in [2.75, 3.05) is 13.6 Å². The van der Waals surface area contributed by atoms with Crippen molar-refractivity contribution in [2.45, 2.75) is 57.2 Å². The van der Waals surface area contributed by atoms with E-state index in [1.54, 1.807) is 4.90 Å². The molecule has 1 aliphatic heterocycles. The Morgan fingerprint density at radius 1 is 1.29 bits per heavy atom. The topological polar surface area (TPSA) is 52.6 Å². The average molecular weight is 240 g/mol. The van der Waals surface area contributed by atoms with Gasteiger partial charge in [-0.3, -0.25) is 4.79 Å². The van der Waals surface area contributed by atoms with Crippen LogP contribution in [0, 0.1) is 5.92 Å². The molecule has 2 N–H and O–H groups in total. The molecule has 98 valence electrons. The molecule has 2 aliphatic rings. The third-order valence-corrected chi connectivity index (χ3v) is 4.34. The van der Waals surface area contributed by atoms with E-state index in [0.29, 0.717) is 5.92 Å². The van der Waals surface area contributed by atoms with E-state index >= 15 is 0 Å². The van der Waals surface area contributed by atoms with Gasteiger partial charge >= 0.3 is 0 Å². The lowest BCUT2D eigenvalue weighted by Crippen LogP contribution is -2.52. The van der Waals surface area contributed by atoms with Crippen molar-refractivity contribution in [3.63, 3.8) is 0 Å². The molecule has 17 heavy (non-hydrogen) atoms. The number of carbonyl (C=O) groups is 1. The number of hydrogen-bond donors (Lipinski definition) is 2. The van der Waals surface area contributed by atoms with Crippen molar-refractivity contribution >= 4 is 5.91 Å². The molecule has 0 radical (unpaired) electrons. The lowest BCUT2D eigenvalue weighted by Gasteiger charge is -2.37. The van der Waals surface area contributed by atoms with E-state index in [1.165, 1.54) is 0 Å². The maximum Gasteiger partial charge on any atom is 0.240 e. The largest absolute Gasteiger partial charge is 0.391 e. The SMILES string of the molecule is CC1CCNC1C(=O)N(C)C1CCCCC1O. The molecule has 1 saturated carbocycles. The van der Waals surface area contributed by atoms with Gasteiger partial charge in [0, 0.05) is 7.05 Å². The molecule has 1 heterocycles. The first-order valence-corrected chi connectivity index (χ1v) is 6.79. The van der Waals surface area contributed by atoms with Crippen LogP contribution in [0.25, 0.3) is 0 Å². The number of rotatable bonds is 2. The Balaban J connectivity index is 1.98. The van der Waals surface area contributed by atoms with Crippen molar-refractivity contribution in [1.29, 1.82) is 0 Å². The molecule has 4 heteroatoms. The van der Waals surface area contributed by atoms with Gasteiger partial charge in [-0.2, -0.15) is 0 Å². The summed E-state index contributed by atoms with van der Waals surface area (Å²) in [4.78, 5) is 14.1. The summed E-state index contributed by atoms with van der Waals surface area (Å²) in [7, 11) is 1.84. The Labute approximate surface area is 103 Å². The first kappa shape index (κ1) is 12.8. The fraction of sp³-hybridized carbons (Fsp3) is 0.923. The summed E-state index contributed by atoms with van der Waals surface area (Å²) < 4.78 is 0. The van der Waals surface area contributed by atoms with Gasteiger partial charge in [0.15, 0.2) is 0 Å². The maximum atomic E-state index is 12.4. The van der Waals surface area contributed by atoms with Crippen molar-refractivity contribution in [3.05, 3.63) is 0 Å². The molecular weight excluding hydrogens is 216 g/mol. The number of amides is 1. The van der Waals surface area contributed by atoms with Crippen molar-refractivity contribution in [3.8, 4) is 0 Å². The van der Waals surface area contributed by atoms with Crippen LogP contribution in [0.5, 0.6) is 0 Å². The Kier molecular flexibility index (Phi) is 4.05. The van der Waals surface area contributed by atoms with Gasteiger partial charge in [0.25, 0.3) is 0 Å². The summed E-state index contributed by atoms with van der Waals surface area (Å²) in [5.41, 5.74) is 0. The molecule has 4 unspecified atom stereocenters.